The quantitative estimate of drug-likeness (QED) is 0.370. The number of nitrogens with one attached hydrogen (secondary N) is 1. The normalized spacial score (nSPS) is 18.0. The third-order valence-corrected chi connectivity index (χ3v) is 6.98. The first-order valence-corrected chi connectivity index (χ1v) is 12.8. The monoisotopic (exact) mass is 505 g/mol. The first kappa shape index (κ1) is 24.9. The van der Waals surface area contributed by atoms with E-state index in [1.165, 1.54) is 4.68 Å². The molecule has 0 saturated heterocycles. The Kier molecular flexibility index (Phi) is 7.22. The maximum absolute atomic E-state index is 12.1. The Balaban J connectivity index is 1.26. The number of hydrogen-bond donors (Lipinski definition) is 1. The van der Waals surface area contributed by atoms with E-state index in [4.69, 9.17) is 9.84 Å². The number of aromatic nitrogens is 7. The summed E-state index contributed by atoms with van der Waals surface area (Å²) in [5.74, 6) is 1.84. The molecule has 37 heavy (non-hydrogen) atoms. The number of likely N-dealkylation sites (N-methyl/N-ethyl adjacent to an activating group) is 1. The predicted molar refractivity (Wildman–Crippen MR) is 143 cm³/mol. The Morgan fingerprint density at radius 3 is 2.62 bits per heavy atom. The van der Waals surface area contributed by atoms with E-state index in [1.807, 2.05) is 51.7 Å². The molecule has 1 aliphatic rings. The molecule has 0 unspecified atom stereocenters. The van der Waals surface area contributed by atoms with Gasteiger partial charge in [0.2, 0.25) is 5.88 Å². The second-order valence-electron chi connectivity index (χ2n) is 10.1. The van der Waals surface area contributed by atoms with Gasteiger partial charge in [0.25, 0.3) is 5.56 Å². The number of pyridine rings is 1. The van der Waals surface area contributed by atoms with Gasteiger partial charge in [0.15, 0.2) is 0 Å². The molecule has 1 fully saturated rings. The molecule has 0 aromatic carbocycles. The Hall–Kier alpha value is -3.73. The molecule has 0 radical (unpaired) electrons. The smallest absolute Gasteiger partial charge is 0.267 e. The van der Waals surface area contributed by atoms with E-state index in [2.05, 4.69) is 31.2 Å². The molecule has 11 heteroatoms. The maximum atomic E-state index is 12.1. The fourth-order valence-corrected chi connectivity index (χ4v) is 4.90. The largest absolute Gasteiger partial charge is 0.473 e. The van der Waals surface area contributed by atoms with Gasteiger partial charge in [0.1, 0.15) is 17.6 Å². The van der Waals surface area contributed by atoms with Gasteiger partial charge in [-0.25, -0.2) is 9.67 Å². The second-order valence-corrected chi connectivity index (χ2v) is 10.1. The van der Waals surface area contributed by atoms with E-state index in [1.54, 1.807) is 16.8 Å². The highest BCUT2D eigenvalue weighted by atomic mass is 16.5. The van der Waals surface area contributed by atoms with Crippen molar-refractivity contribution >= 4 is 16.7 Å². The molecular weight excluding hydrogens is 470 g/mol. The molecule has 0 spiro atoms. The van der Waals surface area contributed by atoms with Gasteiger partial charge >= 0.3 is 0 Å². The summed E-state index contributed by atoms with van der Waals surface area (Å²) in [5.41, 5.74) is 2.86. The summed E-state index contributed by atoms with van der Waals surface area (Å²) >= 11 is 0. The average Bonchev–Trinajstić information content (AvgIpc) is 3.48. The van der Waals surface area contributed by atoms with E-state index in [0.29, 0.717) is 18.3 Å². The molecular formula is C26H35N9O2. The van der Waals surface area contributed by atoms with Crippen LogP contribution in [0.5, 0.6) is 5.88 Å². The number of nitrogens with zero attached hydrogens (tertiary/aromatic N) is 8. The summed E-state index contributed by atoms with van der Waals surface area (Å²) in [6.07, 6.45) is 9.79. The summed E-state index contributed by atoms with van der Waals surface area (Å²) < 4.78 is 11.6. The average molecular weight is 506 g/mol. The van der Waals surface area contributed by atoms with Gasteiger partial charge < -0.3 is 15.0 Å². The lowest BCUT2D eigenvalue weighted by atomic mass is 9.87. The van der Waals surface area contributed by atoms with Crippen molar-refractivity contribution in [3.8, 4) is 17.1 Å². The molecule has 0 amide bonds. The zero-order valence-corrected chi connectivity index (χ0v) is 22.0. The third-order valence-electron chi connectivity index (χ3n) is 6.98. The van der Waals surface area contributed by atoms with Crippen molar-refractivity contribution in [1.82, 2.24) is 39.2 Å². The highest BCUT2D eigenvalue weighted by Gasteiger charge is 2.25. The van der Waals surface area contributed by atoms with E-state index in [0.717, 1.165) is 66.8 Å². The SMILES string of the molecule is CNc1cc2c(cn1)c(-c1cnn(C)c1)nn2CC1CCC(Oc2ccc(=O)n(CCN(C)C)n2)CC1. The topological polar surface area (TPSA) is 108 Å². The minimum absolute atomic E-state index is 0.101. The molecule has 0 atom stereocenters. The Morgan fingerprint density at radius 2 is 1.92 bits per heavy atom. The molecule has 11 nitrogen and oxygen atoms in total. The molecule has 1 saturated carbocycles. The molecule has 0 aliphatic heterocycles. The standard InChI is InChI=1S/C26H35N9O2/c1-27-23-13-22-21(15-28-23)26(19-14-29-33(4)17-19)31-35(22)16-18-5-7-20(8-6-18)37-24-9-10-25(36)34(30-24)12-11-32(2)3/h9-10,13-15,17-18,20H,5-8,11-12,16H2,1-4H3,(H,27,28). The Bertz CT molecular complexity index is 1410. The third kappa shape index (κ3) is 5.66. The van der Waals surface area contributed by atoms with Crippen LogP contribution in [0.1, 0.15) is 25.7 Å². The van der Waals surface area contributed by atoms with Crippen LogP contribution < -0.4 is 15.6 Å². The number of fused-ring (bicyclic) bond motifs is 1. The van der Waals surface area contributed by atoms with Gasteiger partial charge in [-0.2, -0.15) is 10.2 Å². The molecule has 196 valence electrons. The van der Waals surface area contributed by atoms with E-state index >= 15 is 0 Å². The van der Waals surface area contributed by atoms with E-state index in [-0.39, 0.29) is 11.7 Å². The van der Waals surface area contributed by atoms with Crippen molar-refractivity contribution in [2.75, 3.05) is 33.0 Å². The lowest BCUT2D eigenvalue weighted by Gasteiger charge is -2.28. The molecule has 4 aromatic heterocycles. The number of aryl methyl sites for hydroxylation is 1. The number of rotatable bonds is 9. The minimum Gasteiger partial charge on any atom is -0.473 e. The summed E-state index contributed by atoms with van der Waals surface area (Å²) in [6.45, 7) is 2.13. The number of ether oxygens (including phenoxy) is 1. The van der Waals surface area contributed by atoms with Crippen LogP contribution in [0, 0.1) is 5.92 Å². The zero-order chi connectivity index (χ0) is 25.9. The first-order chi connectivity index (χ1) is 17.9. The van der Waals surface area contributed by atoms with E-state index in [9.17, 15) is 4.79 Å². The van der Waals surface area contributed by atoms with Crippen LogP contribution in [0.4, 0.5) is 5.82 Å². The predicted octanol–water partition coefficient (Wildman–Crippen LogP) is 2.63. The number of hydrogen-bond acceptors (Lipinski definition) is 8. The van der Waals surface area contributed by atoms with E-state index < -0.39 is 0 Å². The van der Waals surface area contributed by atoms with Crippen molar-refractivity contribution in [3.05, 3.63) is 47.1 Å². The fourth-order valence-electron chi connectivity index (χ4n) is 4.90. The van der Waals surface area contributed by atoms with Gasteiger partial charge in [-0.1, -0.05) is 0 Å². The molecule has 4 heterocycles. The Morgan fingerprint density at radius 1 is 1.11 bits per heavy atom. The molecule has 0 bridgehead atoms. The van der Waals surface area contributed by atoms with Gasteiger partial charge in [-0.3, -0.25) is 14.2 Å². The molecule has 4 aromatic rings. The van der Waals surface area contributed by atoms with Crippen molar-refractivity contribution in [2.45, 2.75) is 44.9 Å². The zero-order valence-electron chi connectivity index (χ0n) is 22.0. The van der Waals surface area contributed by atoms with Crippen LogP contribution in [0.15, 0.2) is 41.6 Å². The van der Waals surface area contributed by atoms with Crippen molar-refractivity contribution < 1.29 is 4.74 Å². The molecule has 5 rings (SSSR count). The van der Waals surface area contributed by atoms with Crippen LogP contribution in [0.2, 0.25) is 0 Å². The molecule has 1 aliphatic carbocycles. The summed E-state index contributed by atoms with van der Waals surface area (Å²) in [5, 5.41) is 17.9. The van der Waals surface area contributed by atoms with Crippen molar-refractivity contribution in [1.29, 1.82) is 0 Å². The van der Waals surface area contributed by atoms with Crippen LogP contribution in [-0.2, 0) is 20.1 Å². The highest BCUT2D eigenvalue weighted by molar-refractivity contribution is 5.93. The van der Waals surface area contributed by atoms with Crippen LogP contribution in [0.25, 0.3) is 22.2 Å². The first-order valence-electron chi connectivity index (χ1n) is 12.8. The summed E-state index contributed by atoms with van der Waals surface area (Å²) in [7, 11) is 7.74. The highest BCUT2D eigenvalue weighted by Crippen LogP contribution is 2.32. The van der Waals surface area contributed by atoms with Crippen molar-refractivity contribution in [2.24, 2.45) is 13.0 Å². The van der Waals surface area contributed by atoms with Gasteiger partial charge in [0, 0.05) is 68.7 Å². The van der Waals surface area contributed by atoms with Gasteiger partial charge in [-0.15, -0.1) is 5.10 Å². The summed E-state index contributed by atoms with van der Waals surface area (Å²) in [6, 6.07) is 5.29. The van der Waals surface area contributed by atoms with Crippen LogP contribution in [-0.4, -0.2) is 73.0 Å². The minimum atomic E-state index is -0.105. The van der Waals surface area contributed by atoms with Crippen LogP contribution >= 0.6 is 0 Å². The van der Waals surface area contributed by atoms with Gasteiger partial charge in [-0.05, 0) is 45.7 Å². The lowest BCUT2D eigenvalue weighted by Crippen LogP contribution is -2.30. The lowest BCUT2D eigenvalue weighted by molar-refractivity contribution is 0.117. The second kappa shape index (κ2) is 10.7. The fraction of sp³-hybridized carbons (Fsp3) is 0.500. The number of anilines is 1. The molecule has 1 N–H and O–H groups in total. The van der Waals surface area contributed by atoms with Gasteiger partial charge in [0.05, 0.1) is 18.3 Å². The maximum Gasteiger partial charge on any atom is 0.267 e. The van der Waals surface area contributed by atoms with Crippen molar-refractivity contribution in [3.63, 3.8) is 0 Å². The Labute approximate surface area is 216 Å². The summed E-state index contributed by atoms with van der Waals surface area (Å²) in [4.78, 5) is 18.7. The van der Waals surface area contributed by atoms with Crippen LogP contribution in [0.3, 0.4) is 0 Å².